The molecule has 0 aromatic heterocycles. The number of hydrogen-bond acceptors (Lipinski definition) is 3. The van der Waals surface area contributed by atoms with Crippen molar-refractivity contribution in [1.82, 2.24) is 0 Å². The average molecular weight is 322 g/mol. The van der Waals surface area contributed by atoms with E-state index in [0.717, 1.165) is 10.2 Å². The lowest BCUT2D eigenvalue weighted by molar-refractivity contribution is 0.0698. The molecule has 0 aliphatic heterocycles. The summed E-state index contributed by atoms with van der Waals surface area (Å²) in [5.41, 5.74) is 1.48. The molecule has 0 saturated heterocycles. The van der Waals surface area contributed by atoms with Gasteiger partial charge in [0.15, 0.2) is 0 Å². The number of ether oxygens (including phenoxy) is 1. The molecule has 19 heavy (non-hydrogen) atoms. The molecule has 2 aromatic rings. The van der Waals surface area contributed by atoms with Crippen LogP contribution in [0.5, 0.6) is 5.75 Å². The minimum Gasteiger partial charge on any atom is -0.497 e. The van der Waals surface area contributed by atoms with Crippen molar-refractivity contribution in [1.29, 1.82) is 0 Å². The highest BCUT2D eigenvalue weighted by atomic mass is 79.9. The molecule has 0 fully saturated rings. The third-order valence-electron chi connectivity index (χ3n) is 2.56. The summed E-state index contributed by atoms with van der Waals surface area (Å²) in [4.78, 5) is 11.2. The van der Waals surface area contributed by atoms with E-state index in [2.05, 4.69) is 21.2 Å². The van der Waals surface area contributed by atoms with E-state index in [1.54, 1.807) is 19.2 Å². The lowest BCUT2D eigenvalue weighted by Crippen LogP contribution is -2.03. The van der Waals surface area contributed by atoms with E-state index < -0.39 is 5.97 Å². The summed E-state index contributed by atoms with van der Waals surface area (Å²) in [6, 6.07) is 12.3. The molecule has 2 aromatic carbocycles. The number of rotatable bonds is 4. The van der Waals surface area contributed by atoms with Crippen LogP contribution >= 0.6 is 15.9 Å². The highest BCUT2D eigenvalue weighted by Crippen LogP contribution is 2.27. The summed E-state index contributed by atoms with van der Waals surface area (Å²) in [6.45, 7) is 0. The Morgan fingerprint density at radius 2 is 2.05 bits per heavy atom. The molecule has 0 unspecified atom stereocenters. The second-order valence-electron chi connectivity index (χ2n) is 3.85. The van der Waals surface area contributed by atoms with Crippen LogP contribution in [0.25, 0.3) is 0 Å². The number of nitrogens with one attached hydrogen (secondary N) is 1. The van der Waals surface area contributed by atoms with Crippen molar-refractivity contribution in [3.05, 3.63) is 52.5 Å². The number of methoxy groups -OCH3 is 1. The van der Waals surface area contributed by atoms with E-state index in [1.165, 1.54) is 6.07 Å². The van der Waals surface area contributed by atoms with Crippen molar-refractivity contribution in [3.63, 3.8) is 0 Å². The van der Waals surface area contributed by atoms with Crippen molar-refractivity contribution in [3.8, 4) is 5.75 Å². The van der Waals surface area contributed by atoms with Gasteiger partial charge < -0.3 is 15.2 Å². The van der Waals surface area contributed by atoms with Gasteiger partial charge in [-0.2, -0.15) is 0 Å². The van der Waals surface area contributed by atoms with Crippen LogP contribution in [0.15, 0.2) is 46.9 Å². The molecule has 0 amide bonds. The fraction of sp³-hybridized carbons (Fsp3) is 0.0714. The van der Waals surface area contributed by atoms with Crippen molar-refractivity contribution in [2.45, 2.75) is 0 Å². The van der Waals surface area contributed by atoms with Crippen LogP contribution in [0.4, 0.5) is 11.4 Å². The molecular formula is C14H12BrNO3. The number of anilines is 2. The second-order valence-corrected chi connectivity index (χ2v) is 4.77. The largest absolute Gasteiger partial charge is 0.497 e. The minimum absolute atomic E-state index is 0.195. The van der Waals surface area contributed by atoms with Crippen LogP contribution in [-0.2, 0) is 0 Å². The Labute approximate surface area is 119 Å². The van der Waals surface area contributed by atoms with Gasteiger partial charge in [0.25, 0.3) is 0 Å². The molecule has 0 aliphatic rings. The van der Waals surface area contributed by atoms with E-state index in [-0.39, 0.29) is 5.56 Å². The predicted octanol–water partition coefficient (Wildman–Crippen LogP) is 3.90. The lowest BCUT2D eigenvalue weighted by Gasteiger charge is -2.11. The highest BCUT2D eigenvalue weighted by Gasteiger charge is 2.11. The predicted molar refractivity (Wildman–Crippen MR) is 77.4 cm³/mol. The van der Waals surface area contributed by atoms with Gasteiger partial charge in [-0.1, -0.05) is 22.0 Å². The first-order valence-electron chi connectivity index (χ1n) is 5.54. The number of benzene rings is 2. The van der Waals surface area contributed by atoms with Gasteiger partial charge in [0.2, 0.25) is 0 Å². The van der Waals surface area contributed by atoms with Crippen LogP contribution in [-0.4, -0.2) is 18.2 Å². The normalized spacial score (nSPS) is 10.0. The zero-order chi connectivity index (χ0) is 13.8. The standard InChI is InChI=1S/C14H12BrNO3/c1-19-11-5-6-12(14(17)18)13(8-11)16-10-4-2-3-9(15)7-10/h2-8,16H,1H3,(H,17,18). The van der Waals surface area contributed by atoms with Crippen molar-refractivity contribution in [2.75, 3.05) is 12.4 Å². The Hall–Kier alpha value is -2.01. The third kappa shape index (κ3) is 3.26. The van der Waals surface area contributed by atoms with Gasteiger partial charge in [0.1, 0.15) is 5.75 Å². The molecule has 0 aliphatic carbocycles. The maximum Gasteiger partial charge on any atom is 0.337 e. The quantitative estimate of drug-likeness (QED) is 0.896. The Balaban J connectivity index is 2.39. The van der Waals surface area contributed by atoms with E-state index in [1.807, 2.05) is 24.3 Å². The van der Waals surface area contributed by atoms with E-state index >= 15 is 0 Å². The van der Waals surface area contributed by atoms with Crippen molar-refractivity contribution >= 4 is 33.3 Å². The van der Waals surface area contributed by atoms with Gasteiger partial charge in [-0.3, -0.25) is 0 Å². The number of carbonyl (C=O) groups is 1. The Morgan fingerprint density at radius 1 is 1.26 bits per heavy atom. The van der Waals surface area contributed by atoms with Gasteiger partial charge in [0, 0.05) is 16.2 Å². The number of hydrogen-bond donors (Lipinski definition) is 2. The molecule has 0 saturated carbocycles. The summed E-state index contributed by atoms with van der Waals surface area (Å²) < 4.78 is 6.02. The van der Waals surface area contributed by atoms with E-state index in [9.17, 15) is 9.90 Å². The summed E-state index contributed by atoms with van der Waals surface area (Å²) >= 11 is 3.37. The molecule has 4 nitrogen and oxygen atoms in total. The SMILES string of the molecule is COc1ccc(C(=O)O)c(Nc2cccc(Br)c2)c1. The summed E-state index contributed by atoms with van der Waals surface area (Å²) in [7, 11) is 1.54. The van der Waals surface area contributed by atoms with Crippen LogP contribution < -0.4 is 10.1 Å². The fourth-order valence-corrected chi connectivity index (χ4v) is 2.06. The minimum atomic E-state index is -0.986. The average Bonchev–Trinajstić information content (AvgIpc) is 2.38. The smallest absolute Gasteiger partial charge is 0.337 e. The lowest BCUT2D eigenvalue weighted by atomic mass is 10.1. The van der Waals surface area contributed by atoms with Crippen LogP contribution in [0.3, 0.4) is 0 Å². The van der Waals surface area contributed by atoms with Gasteiger partial charge in [0.05, 0.1) is 18.4 Å². The molecule has 2 rings (SSSR count). The Kier molecular flexibility index (Phi) is 4.06. The molecule has 0 bridgehead atoms. The third-order valence-corrected chi connectivity index (χ3v) is 3.05. The number of aromatic carboxylic acids is 1. The first-order valence-corrected chi connectivity index (χ1v) is 6.33. The molecule has 2 N–H and O–H groups in total. The zero-order valence-corrected chi connectivity index (χ0v) is 11.8. The molecule has 0 radical (unpaired) electrons. The molecule has 0 heterocycles. The first-order chi connectivity index (χ1) is 9.10. The van der Waals surface area contributed by atoms with E-state index in [4.69, 9.17) is 4.74 Å². The Bertz CT molecular complexity index is 613. The maximum absolute atomic E-state index is 11.2. The first kappa shape index (κ1) is 13.4. The molecule has 0 spiro atoms. The summed E-state index contributed by atoms with van der Waals surface area (Å²) in [5, 5.41) is 12.3. The van der Waals surface area contributed by atoms with Gasteiger partial charge >= 0.3 is 5.97 Å². The van der Waals surface area contributed by atoms with E-state index in [0.29, 0.717) is 11.4 Å². The zero-order valence-electron chi connectivity index (χ0n) is 10.2. The van der Waals surface area contributed by atoms with Crippen LogP contribution in [0.1, 0.15) is 10.4 Å². The second kappa shape index (κ2) is 5.75. The fourth-order valence-electron chi connectivity index (χ4n) is 1.66. The van der Waals surface area contributed by atoms with Gasteiger partial charge in [-0.25, -0.2) is 4.79 Å². The van der Waals surface area contributed by atoms with Gasteiger partial charge in [-0.05, 0) is 30.3 Å². The van der Waals surface area contributed by atoms with Crippen LogP contribution in [0.2, 0.25) is 0 Å². The summed E-state index contributed by atoms with van der Waals surface area (Å²) in [5.74, 6) is -0.386. The topological polar surface area (TPSA) is 58.6 Å². The molecular weight excluding hydrogens is 310 g/mol. The molecule has 98 valence electrons. The maximum atomic E-state index is 11.2. The van der Waals surface area contributed by atoms with Crippen molar-refractivity contribution < 1.29 is 14.6 Å². The number of carboxylic acid groups (broad SMARTS) is 1. The Morgan fingerprint density at radius 3 is 2.68 bits per heavy atom. The van der Waals surface area contributed by atoms with Crippen LogP contribution in [0, 0.1) is 0 Å². The summed E-state index contributed by atoms with van der Waals surface area (Å²) in [6.07, 6.45) is 0. The van der Waals surface area contributed by atoms with Crippen molar-refractivity contribution in [2.24, 2.45) is 0 Å². The molecule has 5 heteroatoms. The highest BCUT2D eigenvalue weighted by molar-refractivity contribution is 9.10. The monoisotopic (exact) mass is 321 g/mol. The van der Waals surface area contributed by atoms with Gasteiger partial charge in [-0.15, -0.1) is 0 Å². The molecule has 0 atom stereocenters. The number of halogens is 1. The number of carboxylic acids is 1.